The first kappa shape index (κ1) is 18.8. The Bertz CT molecular complexity index is 854. The van der Waals surface area contributed by atoms with E-state index in [9.17, 15) is 9.59 Å². The minimum absolute atomic E-state index is 0.106. The first-order chi connectivity index (χ1) is 12.4. The number of anilines is 1. The number of carbonyl (C=O) groups is 2. The summed E-state index contributed by atoms with van der Waals surface area (Å²) in [6.07, 6.45) is 0.106. The van der Waals surface area contributed by atoms with Crippen LogP contribution in [0.3, 0.4) is 0 Å². The average molecular weight is 408 g/mol. The van der Waals surface area contributed by atoms with E-state index in [-0.39, 0.29) is 18.2 Å². The number of nitrogens with one attached hydrogen (secondary N) is 1. The molecule has 1 N–H and O–H groups in total. The molecule has 2 aromatic rings. The lowest BCUT2D eigenvalue weighted by Gasteiger charge is -2.28. The van der Waals surface area contributed by atoms with Gasteiger partial charge in [0.25, 0.3) is 0 Å². The highest BCUT2D eigenvalue weighted by molar-refractivity contribution is 8.15. The fraction of sp³-hybridized carbons (Fsp3) is 0.167. The molecular formula is C18H15Cl2N3O2S. The predicted molar refractivity (Wildman–Crippen MR) is 107 cm³/mol. The number of carbonyl (C=O) groups excluding carboxylic acids is 2. The molecule has 1 heterocycles. The molecule has 1 fully saturated rings. The lowest BCUT2D eigenvalue weighted by Crippen LogP contribution is -2.43. The highest BCUT2D eigenvalue weighted by Gasteiger charge is 2.34. The van der Waals surface area contributed by atoms with Gasteiger partial charge in [-0.2, -0.15) is 0 Å². The smallest absolute Gasteiger partial charge is 0.238 e. The van der Waals surface area contributed by atoms with Crippen molar-refractivity contribution >= 4 is 63.3 Å². The van der Waals surface area contributed by atoms with E-state index in [2.05, 4.69) is 10.3 Å². The number of nitrogens with zero attached hydrogens (tertiary/aromatic N) is 2. The predicted octanol–water partition coefficient (Wildman–Crippen LogP) is 4.58. The van der Waals surface area contributed by atoms with E-state index in [4.69, 9.17) is 23.2 Å². The standard InChI is InChI=1S/C18H15Cl2N3O2S/c1-23-16(24)10-15(17(25)21-13-5-3-2-4-6-13)26-18(23)22-14-8-11(19)7-12(20)9-14/h2-9,15H,10H2,1H3,(H,21,25). The molecule has 1 aliphatic heterocycles. The number of rotatable bonds is 3. The summed E-state index contributed by atoms with van der Waals surface area (Å²) in [4.78, 5) is 30.7. The number of benzene rings is 2. The summed E-state index contributed by atoms with van der Waals surface area (Å²) >= 11 is 13.2. The average Bonchev–Trinajstić information content (AvgIpc) is 2.58. The first-order valence-corrected chi connectivity index (χ1v) is 9.40. The molecule has 26 heavy (non-hydrogen) atoms. The number of amides is 2. The second kappa shape index (κ2) is 8.12. The van der Waals surface area contributed by atoms with Crippen LogP contribution in [-0.2, 0) is 9.59 Å². The van der Waals surface area contributed by atoms with Gasteiger partial charge in [0.15, 0.2) is 5.17 Å². The highest BCUT2D eigenvalue weighted by Crippen LogP contribution is 2.31. The number of thioether (sulfide) groups is 1. The normalized spacial score (nSPS) is 18.9. The van der Waals surface area contributed by atoms with Crippen LogP contribution < -0.4 is 5.32 Å². The maximum Gasteiger partial charge on any atom is 0.238 e. The van der Waals surface area contributed by atoms with Gasteiger partial charge in [-0.3, -0.25) is 14.5 Å². The Morgan fingerprint density at radius 1 is 1.19 bits per heavy atom. The zero-order chi connectivity index (χ0) is 18.7. The molecule has 1 unspecified atom stereocenters. The van der Waals surface area contributed by atoms with E-state index >= 15 is 0 Å². The molecule has 0 spiro atoms. The largest absolute Gasteiger partial charge is 0.325 e. The minimum atomic E-state index is -0.563. The summed E-state index contributed by atoms with van der Waals surface area (Å²) in [5.74, 6) is -0.414. The van der Waals surface area contributed by atoms with E-state index in [0.29, 0.717) is 26.6 Å². The zero-order valence-electron chi connectivity index (χ0n) is 13.8. The lowest BCUT2D eigenvalue weighted by atomic mass is 10.2. The quantitative estimate of drug-likeness (QED) is 0.809. The third-order valence-corrected chi connectivity index (χ3v) is 5.35. The summed E-state index contributed by atoms with van der Waals surface area (Å²) < 4.78 is 0. The van der Waals surface area contributed by atoms with Crippen LogP contribution in [0, 0.1) is 0 Å². The second-order valence-electron chi connectivity index (χ2n) is 5.64. The monoisotopic (exact) mass is 407 g/mol. The van der Waals surface area contributed by atoms with Crippen molar-refractivity contribution < 1.29 is 9.59 Å². The molecule has 134 valence electrons. The van der Waals surface area contributed by atoms with Crippen LogP contribution in [0.1, 0.15) is 6.42 Å². The van der Waals surface area contributed by atoms with Crippen LogP contribution in [0.2, 0.25) is 10.0 Å². The fourth-order valence-corrected chi connectivity index (χ4v) is 3.94. The third-order valence-electron chi connectivity index (χ3n) is 3.67. The third kappa shape index (κ3) is 4.58. The van der Waals surface area contributed by atoms with Crippen molar-refractivity contribution in [3.63, 3.8) is 0 Å². The van der Waals surface area contributed by atoms with Gasteiger partial charge in [0.1, 0.15) is 5.25 Å². The molecule has 1 atom stereocenters. The van der Waals surface area contributed by atoms with E-state index in [0.717, 1.165) is 0 Å². The Morgan fingerprint density at radius 2 is 1.85 bits per heavy atom. The maximum atomic E-state index is 12.5. The summed E-state index contributed by atoms with van der Waals surface area (Å²) in [5, 5.41) is 3.58. The number of hydrogen-bond donors (Lipinski definition) is 1. The van der Waals surface area contributed by atoms with E-state index in [1.165, 1.54) is 16.7 Å². The van der Waals surface area contributed by atoms with Crippen molar-refractivity contribution in [1.82, 2.24) is 4.90 Å². The number of hydrogen-bond acceptors (Lipinski definition) is 4. The number of amidine groups is 1. The molecular weight excluding hydrogens is 393 g/mol. The Labute approximate surface area is 165 Å². The van der Waals surface area contributed by atoms with Gasteiger partial charge in [0, 0.05) is 29.2 Å². The molecule has 0 saturated carbocycles. The van der Waals surface area contributed by atoms with Crippen molar-refractivity contribution in [2.24, 2.45) is 4.99 Å². The molecule has 5 nitrogen and oxygen atoms in total. The van der Waals surface area contributed by atoms with Gasteiger partial charge >= 0.3 is 0 Å². The van der Waals surface area contributed by atoms with Crippen molar-refractivity contribution in [3.05, 3.63) is 58.6 Å². The Balaban J connectivity index is 1.81. The van der Waals surface area contributed by atoms with E-state index in [1.54, 1.807) is 37.4 Å². The van der Waals surface area contributed by atoms with Crippen molar-refractivity contribution in [2.75, 3.05) is 12.4 Å². The molecule has 8 heteroatoms. The second-order valence-corrected chi connectivity index (χ2v) is 7.68. The number of aliphatic imine (C=N–C) groups is 1. The zero-order valence-corrected chi connectivity index (χ0v) is 16.1. The van der Waals surface area contributed by atoms with Crippen LogP contribution in [0.5, 0.6) is 0 Å². The summed E-state index contributed by atoms with van der Waals surface area (Å²) in [6, 6.07) is 14.0. The van der Waals surface area contributed by atoms with Gasteiger partial charge in [0.05, 0.1) is 5.69 Å². The van der Waals surface area contributed by atoms with Crippen LogP contribution in [0.15, 0.2) is 53.5 Å². The minimum Gasteiger partial charge on any atom is -0.325 e. The summed E-state index contributed by atoms with van der Waals surface area (Å²) in [6.45, 7) is 0. The van der Waals surface area contributed by atoms with Gasteiger partial charge in [-0.25, -0.2) is 4.99 Å². The molecule has 1 saturated heterocycles. The number of para-hydroxylation sites is 1. The lowest BCUT2D eigenvalue weighted by molar-refractivity contribution is -0.128. The summed E-state index contributed by atoms with van der Waals surface area (Å²) in [5.41, 5.74) is 1.21. The van der Waals surface area contributed by atoms with Gasteiger partial charge in [-0.15, -0.1) is 0 Å². The van der Waals surface area contributed by atoms with Crippen LogP contribution >= 0.6 is 35.0 Å². The van der Waals surface area contributed by atoms with Gasteiger partial charge < -0.3 is 5.32 Å². The van der Waals surface area contributed by atoms with E-state index in [1.807, 2.05) is 18.2 Å². The number of halogens is 2. The van der Waals surface area contributed by atoms with Crippen molar-refractivity contribution in [2.45, 2.75) is 11.7 Å². The SMILES string of the molecule is CN1C(=O)CC(C(=O)Nc2ccccc2)SC1=Nc1cc(Cl)cc(Cl)c1. The van der Waals surface area contributed by atoms with Gasteiger partial charge in [-0.1, -0.05) is 53.2 Å². The Hall–Kier alpha value is -2.02. The maximum absolute atomic E-state index is 12.5. The van der Waals surface area contributed by atoms with Crippen LogP contribution in [-0.4, -0.2) is 34.2 Å². The molecule has 2 aromatic carbocycles. The molecule has 3 rings (SSSR count). The van der Waals surface area contributed by atoms with E-state index < -0.39 is 5.25 Å². The Kier molecular flexibility index (Phi) is 5.86. The summed E-state index contributed by atoms with van der Waals surface area (Å²) in [7, 11) is 1.63. The molecule has 2 amide bonds. The molecule has 0 radical (unpaired) electrons. The highest BCUT2D eigenvalue weighted by atomic mass is 35.5. The Morgan fingerprint density at radius 3 is 2.50 bits per heavy atom. The van der Waals surface area contributed by atoms with Crippen molar-refractivity contribution in [1.29, 1.82) is 0 Å². The molecule has 0 aliphatic carbocycles. The molecule has 0 bridgehead atoms. The van der Waals surface area contributed by atoms with Gasteiger partial charge in [0.2, 0.25) is 11.8 Å². The topological polar surface area (TPSA) is 61.8 Å². The first-order valence-electron chi connectivity index (χ1n) is 7.76. The van der Waals surface area contributed by atoms with Gasteiger partial charge in [-0.05, 0) is 30.3 Å². The molecule has 0 aromatic heterocycles. The molecule has 1 aliphatic rings. The van der Waals surface area contributed by atoms with Crippen molar-refractivity contribution in [3.8, 4) is 0 Å². The van der Waals surface area contributed by atoms with Crippen LogP contribution in [0.25, 0.3) is 0 Å². The van der Waals surface area contributed by atoms with Crippen LogP contribution in [0.4, 0.5) is 11.4 Å². The fourth-order valence-electron chi connectivity index (χ4n) is 2.36.